The number of carboxylic acid groups (broad SMARTS) is 1. The Kier molecular flexibility index (Phi) is 3.53. The van der Waals surface area contributed by atoms with E-state index in [-0.39, 0.29) is 16.8 Å². The summed E-state index contributed by atoms with van der Waals surface area (Å²) >= 11 is 0. The van der Waals surface area contributed by atoms with E-state index in [1.54, 1.807) is 0 Å². The Morgan fingerprint density at radius 1 is 1.20 bits per heavy atom. The first-order valence-corrected chi connectivity index (χ1v) is 6.16. The summed E-state index contributed by atoms with van der Waals surface area (Å²) in [6.07, 6.45) is 1.30. The van der Waals surface area contributed by atoms with E-state index in [1.807, 2.05) is 20.8 Å². The lowest BCUT2D eigenvalue weighted by molar-refractivity contribution is 0.0696. The molecule has 1 N–H and O–H groups in total. The van der Waals surface area contributed by atoms with Crippen LogP contribution in [0.15, 0.2) is 30.5 Å². The average Bonchev–Trinajstić information content (AvgIpc) is 2.37. The lowest BCUT2D eigenvalue weighted by atomic mass is 9.95. The maximum atomic E-state index is 13.0. The highest BCUT2D eigenvalue weighted by molar-refractivity contribution is 5.94. The summed E-state index contributed by atoms with van der Waals surface area (Å²) in [5, 5.41) is 9.22. The highest BCUT2D eigenvalue weighted by Crippen LogP contribution is 2.25. The molecule has 0 aliphatic carbocycles. The Balaban J connectivity index is 2.64. The molecule has 2 aromatic rings. The maximum absolute atomic E-state index is 13.0. The quantitative estimate of drug-likeness (QED) is 0.912. The van der Waals surface area contributed by atoms with Crippen molar-refractivity contribution < 1.29 is 14.3 Å². The van der Waals surface area contributed by atoms with Crippen LogP contribution < -0.4 is 0 Å². The number of aromatic nitrogens is 2. The van der Waals surface area contributed by atoms with Gasteiger partial charge >= 0.3 is 5.97 Å². The molecule has 1 aromatic carbocycles. The Morgan fingerprint density at radius 3 is 2.30 bits per heavy atom. The van der Waals surface area contributed by atoms with Crippen LogP contribution in [0, 0.1) is 5.82 Å². The van der Waals surface area contributed by atoms with Crippen LogP contribution in [0.1, 0.15) is 37.0 Å². The first kappa shape index (κ1) is 14.1. The number of carboxylic acids is 1. The van der Waals surface area contributed by atoms with Crippen molar-refractivity contribution in [2.45, 2.75) is 26.2 Å². The molecule has 104 valence electrons. The van der Waals surface area contributed by atoms with Crippen LogP contribution in [0.2, 0.25) is 0 Å². The summed E-state index contributed by atoms with van der Waals surface area (Å²) in [4.78, 5) is 19.7. The molecular formula is C15H15FN2O2. The van der Waals surface area contributed by atoms with Crippen molar-refractivity contribution in [3.8, 4) is 11.3 Å². The van der Waals surface area contributed by atoms with Gasteiger partial charge in [0, 0.05) is 17.2 Å². The molecule has 0 atom stereocenters. The molecule has 0 aliphatic heterocycles. The fourth-order valence-corrected chi connectivity index (χ4v) is 1.73. The van der Waals surface area contributed by atoms with Gasteiger partial charge in [-0.05, 0) is 24.3 Å². The minimum Gasteiger partial charge on any atom is -0.478 e. The number of rotatable bonds is 2. The molecule has 0 unspecified atom stereocenters. The molecule has 1 heterocycles. The largest absolute Gasteiger partial charge is 0.478 e. The summed E-state index contributed by atoms with van der Waals surface area (Å²) in [5.74, 6) is -0.942. The van der Waals surface area contributed by atoms with Crippen LogP contribution >= 0.6 is 0 Å². The lowest BCUT2D eigenvalue weighted by Crippen LogP contribution is -2.18. The minimum atomic E-state index is -1.11. The van der Waals surface area contributed by atoms with Gasteiger partial charge in [-0.2, -0.15) is 0 Å². The van der Waals surface area contributed by atoms with Crippen molar-refractivity contribution in [1.82, 2.24) is 9.97 Å². The van der Waals surface area contributed by atoms with Gasteiger partial charge in [0.05, 0.1) is 5.69 Å². The third kappa shape index (κ3) is 2.82. The number of benzene rings is 1. The van der Waals surface area contributed by atoms with E-state index in [0.29, 0.717) is 17.1 Å². The van der Waals surface area contributed by atoms with E-state index >= 15 is 0 Å². The van der Waals surface area contributed by atoms with Crippen LogP contribution in [0.25, 0.3) is 11.3 Å². The smallest absolute Gasteiger partial charge is 0.339 e. The molecule has 0 fully saturated rings. The molecule has 0 saturated heterocycles. The SMILES string of the molecule is CC(C)(C)c1ncc(C(=O)O)c(-c2ccc(F)cc2)n1. The molecule has 0 saturated carbocycles. The van der Waals surface area contributed by atoms with Gasteiger partial charge in [-0.3, -0.25) is 0 Å². The molecule has 20 heavy (non-hydrogen) atoms. The zero-order valence-corrected chi connectivity index (χ0v) is 11.5. The number of aromatic carboxylic acids is 1. The molecule has 0 spiro atoms. The first-order chi connectivity index (χ1) is 9.29. The van der Waals surface area contributed by atoms with Crippen molar-refractivity contribution in [2.75, 3.05) is 0 Å². The second-order valence-corrected chi connectivity index (χ2v) is 5.52. The summed E-state index contributed by atoms with van der Waals surface area (Å²) in [6.45, 7) is 5.83. The van der Waals surface area contributed by atoms with Gasteiger partial charge in [0.2, 0.25) is 0 Å². The van der Waals surface area contributed by atoms with E-state index in [0.717, 1.165) is 0 Å². The van der Waals surface area contributed by atoms with E-state index < -0.39 is 5.97 Å². The molecule has 2 rings (SSSR count). The monoisotopic (exact) mass is 274 g/mol. The van der Waals surface area contributed by atoms with E-state index in [2.05, 4.69) is 9.97 Å². The van der Waals surface area contributed by atoms with Crippen molar-refractivity contribution in [3.63, 3.8) is 0 Å². The summed E-state index contributed by atoms with van der Waals surface area (Å²) < 4.78 is 13.0. The molecule has 0 aliphatic rings. The molecule has 5 heteroatoms. The Morgan fingerprint density at radius 2 is 1.80 bits per heavy atom. The Labute approximate surface area is 116 Å². The zero-order valence-electron chi connectivity index (χ0n) is 11.5. The van der Waals surface area contributed by atoms with Gasteiger partial charge in [0.25, 0.3) is 0 Å². The van der Waals surface area contributed by atoms with E-state index in [9.17, 15) is 14.3 Å². The van der Waals surface area contributed by atoms with E-state index in [4.69, 9.17) is 0 Å². The number of hydrogen-bond acceptors (Lipinski definition) is 3. The molecule has 4 nitrogen and oxygen atoms in total. The standard InChI is InChI=1S/C15H15FN2O2/c1-15(2,3)14-17-8-11(13(19)20)12(18-14)9-4-6-10(16)7-5-9/h4-8H,1-3H3,(H,19,20). The highest BCUT2D eigenvalue weighted by atomic mass is 19.1. The Bertz CT molecular complexity index is 646. The van der Waals surface area contributed by atoms with Gasteiger partial charge in [-0.15, -0.1) is 0 Å². The summed E-state index contributed by atoms with van der Waals surface area (Å²) in [6, 6.07) is 5.58. The predicted molar refractivity (Wildman–Crippen MR) is 73.1 cm³/mol. The van der Waals surface area contributed by atoms with Crippen molar-refractivity contribution >= 4 is 5.97 Å². The van der Waals surface area contributed by atoms with Gasteiger partial charge in [-0.25, -0.2) is 19.2 Å². The number of halogens is 1. The van der Waals surface area contributed by atoms with E-state index in [1.165, 1.54) is 30.5 Å². The van der Waals surface area contributed by atoms with Crippen molar-refractivity contribution in [3.05, 3.63) is 47.7 Å². The third-order valence-corrected chi connectivity index (χ3v) is 2.81. The van der Waals surface area contributed by atoms with Gasteiger partial charge in [0.15, 0.2) is 0 Å². The number of hydrogen-bond donors (Lipinski definition) is 1. The Hall–Kier alpha value is -2.30. The molecule has 0 bridgehead atoms. The second-order valence-electron chi connectivity index (χ2n) is 5.52. The molecule has 0 radical (unpaired) electrons. The van der Waals surface area contributed by atoms with Gasteiger partial charge in [-0.1, -0.05) is 20.8 Å². The molecule has 0 amide bonds. The maximum Gasteiger partial charge on any atom is 0.339 e. The predicted octanol–water partition coefficient (Wildman–Crippen LogP) is 3.28. The van der Waals surface area contributed by atoms with Crippen LogP contribution in [0.4, 0.5) is 4.39 Å². The average molecular weight is 274 g/mol. The van der Waals surface area contributed by atoms with Crippen LogP contribution in [0.3, 0.4) is 0 Å². The van der Waals surface area contributed by atoms with Gasteiger partial charge < -0.3 is 5.11 Å². The van der Waals surface area contributed by atoms with Gasteiger partial charge in [0.1, 0.15) is 17.2 Å². The van der Waals surface area contributed by atoms with Crippen molar-refractivity contribution in [1.29, 1.82) is 0 Å². The van der Waals surface area contributed by atoms with Crippen LogP contribution in [-0.2, 0) is 5.41 Å². The third-order valence-electron chi connectivity index (χ3n) is 2.81. The lowest BCUT2D eigenvalue weighted by Gasteiger charge is -2.18. The molecular weight excluding hydrogens is 259 g/mol. The number of nitrogens with zero attached hydrogens (tertiary/aromatic N) is 2. The second kappa shape index (κ2) is 5.00. The summed E-state index contributed by atoms with van der Waals surface area (Å²) in [7, 11) is 0. The minimum absolute atomic E-state index is 0.00427. The summed E-state index contributed by atoms with van der Waals surface area (Å²) in [5.41, 5.74) is 0.560. The fourth-order valence-electron chi connectivity index (χ4n) is 1.73. The van der Waals surface area contributed by atoms with Crippen LogP contribution in [-0.4, -0.2) is 21.0 Å². The topological polar surface area (TPSA) is 63.1 Å². The normalized spacial score (nSPS) is 11.4. The number of carbonyl (C=O) groups is 1. The highest BCUT2D eigenvalue weighted by Gasteiger charge is 2.22. The zero-order chi connectivity index (χ0) is 14.9. The molecule has 1 aromatic heterocycles. The van der Waals surface area contributed by atoms with Crippen LogP contribution in [0.5, 0.6) is 0 Å². The first-order valence-electron chi connectivity index (χ1n) is 6.16. The van der Waals surface area contributed by atoms with Crippen molar-refractivity contribution in [2.24, 2.45) is 0 Å². The fraction of sp³-hybridized carbons (Fsp3) is 0.267.